The third-order valence-corrected chi connectivity index (χ3v) is 5.00. The molecule has 1 saturated carbocycles. The topological polar surface area (TPSA) is 41.6 Å². The molecule has 0 aromatic carbocycles. The van der Waals surface area contributed by atoms with Crippen LogP contribution in [0.5, 0.6) is 0 Å². The molecule has 1 aliphatic rings. The third kappa shape index (κ3) is 5.26. The Morgan fingerprint density at radius 2 is 2.05 bits per heavy atom. The van der Waals surface area contributed by atoms with Gasteiger partial charge < -0.3 is 15.0 Å². The number of rotatable bonds is 8. The minimum Gasteiger partial charge on any atom is -0.468 e. The van der Waals surface area contributed by atoms with Gasteiger partial charge in [0.1, 0.15) is 5.54 Å². The second-order valence-corrected chi connectivity index (χ2v) is 6.81. The van der Waals surface area contributed by atoms with E-state index in [0.717, 1.165) is 31.8 Å². The Morgan fingerprint density at radius 3 is 2.62 bits per heavy atom. The Labute approximate surface area is 130 Å². The molecule has 0 aromatic rings. The van der Waals surface area contributed by atoms with Crippen LogP contribution >= 0.6 is 0 Å². The van der Waals surface area contributed by atoms with Crippen LogP contribution in [0.25, 0.3) is 0 Å². The van der Waals surface area contributed by atoms with Gasteiger partial charge in [0.05, 0.1) is 7.11 Å². The van der Waals surface area contributed by atoms with Gasteiger partial charge in [0.2, 0.25) is 0 Å². The molecule has 0 radical (unpaired) electrons. The minimum atomic E-state index is -0.572. The molecule has 4 nitrogen and oxygen atoms in total. The number of esters is 1. The van der Waals surface area contributed by atoms with Gasteiger partial charge in [-0.2, -0.15) is 0 Å². The highest BCUT2D eigenvalue weighted by molar-refractivity contribution is 5.80. The monoisotopic (exact) mass is 298 g/mol. The van der Waals surface area contributed by atoms with Gasteiger partial charge >= 0.3 is 5.97 Å². The van der Waals surface area contributed by atoms with Crippen LogP contribution in [0.1, 0.15) is 59.3 Å². The molecular formula is C17H34N2O2. The van der Waals surface area contributed by atoms with E-state index >= 15 is 0 Å². The lowest BCUT2D eigenvalue weighted by molar-refractivity contribution is -0.148. The standard InChI is InChI=1S/C17H34N2O2/c1-6-12-18-17(3,16(20)21-5)11-13-19(4)15-10-8-7-9-14(15)2/h14-15,18H,6-13H2,1-5H3. The highest BCUT2D eigenvalue weighted by atomic mass is 16.5. The maximum absolute atomic E-state index is 12.1. The summed E-state index contributed by atoms with van der Waals surface area (Å²) in [5.74, 6) is 0.609. The summed E-state index contributed by atoms with van der Waals surface area (Å²) in [6.07, 6.45) is 7.12. The van der Waals surface area contributed by atoms with E-state index in [-0.39, 0.29) is 5.97 Å². The predicted molar refractivity (Wildman–Crippen MR) is 87.4 cm³/mol. The van der Waals surface area contributed by atoms with Gasteiger partial charge in [0, 0.05) is 12.6 Å². The lowest BCUT2D eigenvalue weighted by Gasteiger charge is -2.38. The molecule has 1 N–H and O–H groups in total. The first-order valence-corrected chi connectivity index (χ1v) is 8.48. The van der Waals surface area contributed by atoms with Gasteiger partial charge in [-0.15, -0.1) is 0 Å². The first kappa shape index (κ1) is 18.4. The Hall–Kier alpha value is -0.610. The molecular weight excluding hydrogens is 264 g/mol. The van der Waals surface area contributed by atoms with E-state index in [2.05, 4.69) is 31.1 Å². The van der Waals surface area contributed by atoms with Gasteiger partial charge in [-0.05, 0) is 52.1 Å². The number of carbonyl (C=O) groups excluding carboxylic acids is 1. The number of hydrogen-bond acceptors (Lipinski definition) is 4. The molecule has 1 aliphatic carbocycles. The van der Waals surface area contributed by atoms with Gasteiger partial charge in [-0.3, -0.25) is 4.79 Å². The molecule has 0 saturated heterocycles. The molecule has 0 aliphatic heterocycles. The fraction of sp³-hybridized carbons (Fsp3) is 0.941. The van der Waals surface area contributed by atoms with Crippen molar-refractivity contribution >= 4 is 5.97 Å². The maximum Gasteiger partial charge on any atom is 0.325 e. The summed E-state index contributed by atoms with van der Waals surface area (Å²) in [5.41, 5.74) is -0.572. The van der Waals surface area contributed by atoms with Crippen molar-refractivity contribution in [3.63, 3.8) is 0 Å². The Bertz CT molecular complexity index is 322. The Balaban J connectivity index is 2.56. The molecule has 0 bridgehead atoms. The second-order valence-electron chi connectivity index (χ2n) is 6.81. The lowest BCUT2D eigenvalue weighted by atomic mass is 9.84. The highest BCUT2D eigenvalue weighted by Crippen LogP contribution is 2.28. The Kier molecular flexibility index (Phi) is 7.67. The van der Waals surface area contributed by atoms with Crippen LogP contribution in [-0.2, 0) is 9.53 Å². The van der Waals surface area contributed by atoms with Crippen LogP contribution in [0.15, 0.2) is 0 Å². The molecule has 3 unspecified atom stereocenters. The van der Waals surface area contributed by atoms with Gasteiger partial charge in [0.15, 0.2) is 0 Å². The normalized spacial score (nSPS) is 25.6. The molecule has 124 valence electrons. The summed E-state index contributed by atoms with van der Waals surface area (Å²) < 4.78 is 4.99. The van der Waals surface area contributed by atoms with Gasteiger partial charge in [-0.25, -0.2) is 0 Å². The molecule has 4 heteroatoms. The summed E-state index contributed by atoms with van der Waals surface area (Å²) in [7, 11) is 3.67. The van der Waals surface area contributed by atoms with E-state index in [4.69, 9.17) is 4.74 Å². The molecule has 0 amide bonds. The fourth-order valence-corrected chi connectivity index (χ4v) is 3.41. The zero-order chi connectivity index (χ0) is 15.9. The van der Waals surface area contributed by atoms with Crippen LogP contribution in [0.3, 0.4) is 0 Å². The molecule has 21 heavy (non-hydrogen) atoms. The third-order valence-electron chi connectivity index (χ3n) is 5.00. The van der Waals surface area contributed by atoms with E-state index in [9.17, 15) is 4.79 Å². The molecule has 1 fully saturated rings. The number of methoxy groups -OCH3 is 1. The van der Waals surface area contributed by atoms with Crippen LogP contribution < -0.4 is 5.32 Å². The smallest absolute Gasteiger partial charge is 0.325 e. The van der Waals surface area contributed by atoms with E-state index in [1.54, 1.807) is 0 Å². The summed E-state index contributed by atoms with van der Waals surface area (Å²) in [4.78, 5) is 14.5. The van der Waals surface area contributed by atoms with Crippen molar-refractivity contribution in [2.75, 3.05) is 27.2 Å². The van der Waals surface area contributed by atoms with Crippen molar-refractivity contribution in [3.8, 4) is 0 Å². The lowest BCUT2D eigenvalue weighted by Crippen LogP contribution is -2.53. The number of ether oxygens (including phenoxy) is 1. The van der Waals surface area contributed by atoms with Crippen molar-refractivity contribution in [1.82, 2.24) is 10.2 Å². The van der Waals surface area contributed by atoms with Gasteiger partial charge in [0.25, 0.3) is 0 Å². The molecule has 0 spiro atoms. The number of carbonyl (C=O) groups is 1. The summed E-state index contributed by atoms with van der Waals surface area (Å²) in [6.45, 7) is 8.20. The van der Waals surface area contributed by atoms with Crippen LogP contribution in [0, 0.1) is 5.92 Å². The van der Waals surface area contributed by atoms with E-state index in [1.807, 2.05) is 6.92 Å². The van der Waals surface area contributed by atoms with E-state index in [0.29, 0.717) is 6.04 Å². The molecule has 1 rings (SSSR count). The first-order valence-electron chi connectivity index (χ1n) is 8.48. The second kappa shape index (κ2) is 8.74. The maximum atomic E-state index is 12.1. The molecule has 0 aromatic heterocycles. The summed E-state index contributed by atoms with van der Waals surface area (Å²) in [5, 5.41) is 3.36. The van der Waals surface area contributed by atoms with E-state index < -0.39 is 5.54 Å². The first-order chi connectivity index (χ1) is 9.94. The average molecular weight is 298 g/mol. The van der Waals surface area contributed by atoms with Crippen LogP contribution in [-0.4, -0.2) is 49.7 Å². The Morgan fingerprint density at radius 1 is 1.38 bits per heavy atom. The zero-order valence-corrected chi connectivity index (χ0v) is 14.6. The minimum absolute atomic E-state index is 0.152. The van der Waals surface area contributed by atoms with Gasteiger partial charge in [-0.1, -0.05) is 26.7 Å². The van der Waals surface area contributed by atoms with Crippen molar-refractivity contribution in [2.45, 2.75) is 70.9 Å². The SMILES string of the molecule is CCCNC(C)(CCN(C)C1CCCCC1C)C(=O)OC. The number of nitrogens with zero attached hydrogens (tertiary/aromatic N) is 1. The number of hydrogen-bond donors (Lipinski definition) is 1. The number of nitrogens with one attached hydrogen (secondary N) is 1. The van der Waals surface area contributed by atoms with E-state index in [1.165, 1.54) is 32.8 Å². The van der Waals surface area contributed by atoms with Crippen molar-refractivity contribution in [2.24, 2.45) is 5.92 Å². The molecule has 3 atom stereocenters. The summed E-state index contributed by atoms with van der Waals surface area (Å²) in [6, 6.07) is 0.659. The summed E-state index contributed by atoms with van der Waals surface area (Å²) >= 11 is 0. The zero-order valence-electron chi connectivity index (χ0n) is 14.6. The van der Waals surface area contributed by atoms with Crippen molar-refractivity contribution in [3.05, 3.63) is 0 Å². The largest absolute Gasteiger partial charge is 0.468 e. The quantitative estimate of drug-likeness (QED) is 0.700. The molecule has 0 heterocycles. The predicted octanol–water partition coefficient (Wildman–Crippen LogP) is 2.82. The fourth-order valence-electron chi connectivity index (χ4n) is 3.41. The average Bonchev–Trinajstić information content (AvgIpc) is 2.50. The van der Waals surface area contributed by atoms with Crippen LogP contribution in [0.4, 0.5) is 0 Å². The highest BCUT2D eigenvalue weighted by Gasteiger charge is 2.34. The van der Waals surface area contributed by atoms with Crippen molar-refractivity contribution < 1.29 is 9.53 Å². The van der Waals surface area contributed by atoms with Crippen molar-refractivity contribution in [1.29, 1.82) is 0 Å². The van der Waals surface area contributed by atoms with Crippen LogP contribution in [0.2, 0.25) is 0 Å².